The van der Waals surface area contributed by atoms with Gasteiger partial charge in [0.25, 0.3) is 0 Å². The number of hydrogen-bond donors (Lipinski definition) is 1. The fourth-order valence-corrected chi connectivity index (χ4v) is 1.81. The van der Waals surface area contributed by atoms with Gasteiger partial charge in [-0.1, -0.05) is 32.4 Å². The number of carbonyl (C=O) groups excluding carboxylic acids is 2. The zero-order valence-electron chi connectivity index (χ0n) is 12.0. The van der Waals surface area contributed by atoms with Crippen LogP contribution >= 0.6 is 0 Å². The van der Waals surface area contributed by atoms with Crippen molar-refractivity contribution >= 4 is 11.9 Å². The van der Waals surface area contributed by atoms with Gasteiger partial charge >= 0.3 is 5.97 Å². The molecule has 1 N–H and O–H groups in total. The molecule has 4 nitrogen and oxygen atoms in total. The van der Waals surface area contributed by atoms with E-state index in [0.29, 0.717) is 5.56 Å². The molecular formula is C15H20FNO3. The van der Waals surface area contributed by atoms with Crippen LogP contribution in [0.2, 0.25) is 0 Å². The number of rotatable bonds is 6. The SMILES string of the molecule is CC[C@H](C)[C@H](NC(=O)Cc1ccc(F)cc1)C(=O)OC. The average Bonchev–Trinajstić information content (AvgIpc) is 2.45. The van der Waals surface area contributed by atoms with E-state index in [1.807, 2.05) is 13.8 Å². The first-order valence-electron chi connectivity index (χ1n) is 6.59. The maximum atomic E-state index is 12.8. The Kier molecular flexibility index (Phi) is 6.15. The standard InChI is InChI=1S/C15H20FNO3/c1-4-10(2)14(15(19)20-3)17-13(18)9-11-5-7-12(16)8-6-11/h5-8,10,14H,4,9H2,1-3H3,(H,17,18)/t10-,14-/m0/s1. The van der Waals surface area contributed by atoms with Crippen molar-refractivity contribution in [2.75, 3.05) is 7.11 Å². The van der Waals surface area contributed by atoms with E-state index in [2.05, 4.69) is 5.32 Å². The number of esters is 1. The predicted octanol–water partition coefficient (Wildman–Crippen LogP) is 2.07. The molecule has 0 saturated heterocycles. The number of nitrogens with one attached hydrogen (secondary N) is 1. The summed E-state index contributed by atoms with van der Waals surface area (Å²) in [6, 6.07) is 5.04. The van der Waals surface area contributed by atoms with Gasteiger partial charge < -0.3 is 10.1 Å². The van der Waals surface area contributed by atoms with Crippen LogP contribution in [-0.2, 0) is 20.7 Å². The topological polar surface area (TPSA) is 55.4 Å². The summed E-state index contributed by atoms with van der Waals surface area (Å²) in [5, 5.41) is 2.67. The van der Waals surface area contributed by atoms with E-state index < -0.39 is 12.0 Å². The molecule has 20 heavy (non-hydrogen) atoms. The van der Waals surface area contributed by atoms with Gasteiger partial charge in [0.15, 0.2) is 0 Å². The van der Waals surface area contributed by atoms with Crippen LogP contribution in [0.5, 0.6) is 0 Å². The normalized spacial score (nSPS) is 13.4. The summed E-state index contributed by atoms with van der Waals surface area (Å²) in [7, 11) is 1.30. The zero-order valence-corrected chi connectivity index (χ0v) is 12.0. The van der Waals surface area contributed by atoms with Crippen LogP contribution in [0.1, 0.15) is 25.8 Å². The molecule has 5 heteroatoms. The number of halogens is 1. The first-order valence-corrected chi connectivity index (χ1v) is 6.59. The first kappa shape index (κ1) is 16.1. The minimum atomic E-state index is -0.655. The molecule has 0 spiro atoms. The molecule has 0 aliphatic rings. The lowest BCUT2D eigenvalue weighted by Gasteiger charge is -2.21. The van der Waals surface area contributed by atoms with E-state index in [1.54, 1.807) is 12.1 Å². The lowest BCUT2D eigenvalue weighted by Crippen LogP contribution is -2.46. The number of carbonyl (C=O) groups is 2. The molecule has 1 aromatic carbocycles. The van der Waals surface area contributed by atoms with Gasteiger partial charge in [-0.05, 0) is 23.6 Å². The summed E-state index contributed by atoms with van der Waals surface area (Å²) >= 11 is 0. The Morgan fingerprint density at radius 3 is 2.40 bits per heavy atom. The molecule has 0 aliphatic carbocycles. The number of amides is 1. The van der Waals surface area contributed by atoms with Crippen LogP contribution in [0, 0.1) is 11.7 Å². The monoisotopic (exact) mass is 281 g/mol. The van der Waals surface area contributed by atoms with Gasteiger partial charge in [0.05, 0.1) is 13.5 Å². The molecule has 0 fully saturated rings. The number of hydrogen-bond acceptors (Lipinski definition) is 3. The fraction of sp³-hybridized carbons (Fsp3) is 0.467. The summed E-state index contributed by atoms with van der Waals surface area (Å²) < 4.78 is 17.5. The summed E-state index contributed by atoms with van der Waals surface area (Å²) in [6.07, 6.45) is 0.848. The van der Waals surface area contributed by atoms with Crippen molar-refractivity contribution in [2.24, 2.45) is 5.92 Å². The molecule has 2 atom stereocenters. The molecule has 0 aromatic heterocycles. The molecule has 0 bridgehead atoms. The zero-order chi connectivity index (χ0) is 15.1. The Morgan fingerprint density at radius 2 is 1.90 bits per heavy atom. The largest absolute Gasteiger partial charge is 0.467 e. The van der Waals surface area contributed by atoms with Crippen LogP contribution in [0.3, 0.4) is 0 Å². The predicted molar refractivity (Wildman–Crippen MR) is 73.5 cm³/mol. The van der Waals surface area contributed by atoms with Gasteiger partial charge in [0, 0.05) is 0 Å². The molecule has 0 radical (unpaired) electrons. The number of ether oxygens (including phenoxy) is 1. The maximum Gasteiger partial charge on any atom is 0.328 e. The van der Waals surface area contributed by atoms with Crippen molar-refractivity contribution in [1.29, 1.82) is 0 Å². The van der Waals surface area contributed by atoms with Crippen molar-refractivity contribution in [1.82, 2.24) is 5.32 Å². The smallest absolute Gasteiger partial charge is 0.328 e. The Balaban J connectivity index is 2.66. The maximum absolute atomic E-state index is 12.8. The molecule has 110 valence electrons. The second-order valence-electron chi connectivity index (χ2n) is 4.76. The summed E-state index contributed by atoms with van der Waals surface area (Å²) in [6.45, 7) is 3.81. The van der Waals surface area contributed by atoms with E-state index in [0.717, 1.165) is 6.42 Å². The summed E-state index contributed by atoms with van der Waals surface area (Å²) in [5.74, 6) is -1.10. The molecule has 0 aliphatic heterocycles. The van der Waals surface area contributed by atoms with Gasteiger partial charge in [-0.15, -0.1) is 0 Å². The lowest BCUT2D eigenvalue weighted by atomic mass is 9.99. The Hall–Kier alpha value is -1.91. The third-order valence-electron chi connectivity index (χ3n) is 3.26. The Labute approximate surface area is 118 Å². The molecular weight excluding hydrogens is 261 g/mol. The van der Waals surface area contributed by atoms with Crippen LogP contribution in [-0.4, -0.2) is 25.0 Å². The van der Waals surface area contributed by atoms with Crippen molar-refractivity contribution in [2.45, 2.75) is 32.7 Å². The highest BCUT2D eigenvalue weighted by molar-refractivity contribution is 5.85. The Bertz CT molecular complexity index is 459. The quantitative estimate of drug-likeness (QED) is 0.812. The molecule has 0 heterocycles. The highest BCUT2D eigenvalue weighted by Crippen LogP contribution is 2.10. The molecule has 1 aromatic rings. The van der Waals surface area contributed by atoms with Crippen molar-refractivity contribution in [3.05, 3.63) is 35.6 Å². The van der Waals surface area contributed by atoms with E-state index in [4.69, 9.17) is 4.74 Å². The minimum absolute atomic E-state index is 0.0142. The summed E-state index contributed by atoms with van der Waals surface area (Å²) in [5.41, 5.74) is 0.691. The average molecular weight is 281 g/mol. The molecule has 0 unspecified atom stereocenters. The van der Waals surface area contributed by atoms with E-state index >= 15 is 0 Å². The van der Waals surface area contributed by atoms with Gasteiger partial charge in [0.2, 0.25) is 5.91 Å². The van der Waals surface area contributed by atoms with E-state index in [-0.39, 0.29) is 24.1 Å². The first-order chi connectivity index (χ1) is 9.47. The fourth-order valence-electron chi connectivity index (χ4n) is 1.81. The summed E-state index contributed by atoms with van der Waals surface area (Å²) in [4.78, 5) is 23.6. The van der Waals surface area contributed by atoms with Crippen LogP contribution in [0.25, 0.3) is 0 Å². The molecule has 1 rings (SSSR count). The van der Waals surface area contributed by atoms with Crippen molar-refractivity contribution < 1.29 is 18.7 Å². The van der Waals surface area contributed by atoms with Crippen LogP contribution in [0.15, 0.2) is 24.3 Å². The van der Waals surface area contributed by atoms with Gasteiger partial charge in [-0.2, -0.15) is 0 Å². The Morgan fingerprint density at radius 1 is 1.30 bits per heavy atom. The van der Waals surface area contributed by atoms with Crippen LogP contribution < -0.4 is 5.32 Å². The molecule has 0 saturated carbocycles. The second kappa shape index (κ2) is 7.62. The van der Waals surface area contributed by atoms with Gasteiger partial charge in [-0.3, -0.25) is 4.79 Å². The van der Waals surface area contributed by atoms with Gasteiger partial charge in [0.1, 0.15) is 11.9 Å². The highest BCUT2D eigenvalue weighted by atomic mass is 19.1. The minimum Gasteiger partial charge on any atom is -0.467 e. The van der Waals surface area contributed by atoms with E-state index in [1.165, 1.54) is 19.2 Å². The van der Waals surface area contributed by atoms with E-state index in [9.17, 15) is 14.0 Å². The lowest BCUT2D eigenvalue weighted by molar-refractivity contribution is -0.146. The van der Waals surface area contributed by atoms with Gasteiger partial charge in [-0.25, -0.2) is 9.18 Å². The third-order valence-corrected chi connectivity index (χ3v) is 3.26. The van der Waals surface area contributed by atoms with Crippen molar-refractivity contribution in [3.63, 3.8) is 0 Å². The number of methoxy groups -OCH3 is 1. The number of benzene rings is 1. The third kappa shape index (κ3) is 4.64. The highest BCUT2D eigenvalue weighted by Gasteiger charge is 2.26. The van der Waals surface area contributed by atoms with Crippen molar-refractivity contribution in [3.8, 4) is 0 Å². The second-order valence-corrected chi connectivity index (χ2v) is 4.76. The molecule has 1 amide bonds. The van der Waals surface area contributed by atoms with Crippen LogP contribution in [0.4, 0.5) is 4.39 Å².